The number of pyridine rings is 1. The van der Waals surface area contributed by atoms with Crippen LogP contribution in [0.4, 0.5) is 29.3 Å². The molecule has 0 bridgehead atoms. The number of amides is 3. The SMILES string of the molecule is CNC(=O)c1cc(Oc2ccc(NC(=O)Nc3cccc(C(F)(F)F)c3)c3ccccc23)ccn1. The monoisotopic (exact) mass is 480 g/mol. The van der Waals surface area contributed by atoms with Gasteiger partial charge in [0, 0.05) is 35.8 Å². The fourth-order valence-corrected chi connectivity index (χ4v) is 3.38. The van der Waals surface area contributed by atoms with Crippen LogP contribution in [0.15, 0.2) is 79.0 Å². The number of benzene rings is 3. The zero-order valence-corrected chi connectivity index (χ0v) is 18.3. The lowest BCUT2D eigenvalue weighted by atomic mass is 10.1. The van der Waals surface area contributed by atoms with Crippen molar-refractivity contribution in [1.82, 2.24) is 10.3 Å². The van der Waals surface area contributed by atoms with E-state index in [0.717, 1.165) is 12.1 Å². The molecule has 1 aromatic heterocycles. The smallest absolute Gasteiger partial charge is 0.416 e. The molecule has 3 amide bonds. The summed E-state index contributed by atoms with van der Waals surface area (Å²) in [6, 6.07) is 17.2. The van der Waals surface area contributed by atoms with E-state index in [9.17, 15) is 22.8 Å². The summed E-state index contributed by atoms with van der Waals surface area (Å²) in [6.45, 7) is 0. The first-order valence-corrected chi connectivity index (χ1v) is 10.4. The second kappa shape index (κ2) is 9.72. The van der Waals surface area contributed by atoms with Crippen LogP contribution < -0.4 is 20.7 Å². The Labute approximate surface area is 197 Å². The van der Waals surface area contributed by atoms with Gasteiger partial charge >= 0.3 is 12.2 Å². The summed E-state index contributed by atoms with van der Waals surface area (Å²) in [4.78, 5) is 28.4. The van der Waals surface area contributed by atoms with Crippen molar-refractivity contribution >= 4 is 34.1 Å². The molecule has 7 nitrogen and oxygen atoms in total. The Bertz CT molecular complexity index is 1410. The fourth-order valence-electron chi connectivity index (χ4n) is 3.38. The summed E-state index contributed by atoms with van der Waals surface area (Å²) in [5.41, 5.74) is -0.235. The van der Waals surface area contributed by atoms with Gasteiger partial charge in [0.05, 0.1) is 11.3 Å². The van der Waals surface area contributed by atoms with E-state index in [1.807, 2.05) is 0 Å². The molecule has 4 aromatic rings. The molecule has 3 aromatic carbocycles. The number of aromatic nitrogens is 1. The van der Waals surface area contributed by atoms with E-state index in [-0.39, 0.29) is 17.3 Å². The molecule has 0 radical (unpaired) electrons. The number of carbonyl (C=O) groups excluding carboxylic acids is 2. The van der Waals surface area contributed by atoms with Crippen LogP contribution in [0.2, 0.25) is 0 Å². The number of hydrogen-bond acceptors (Lipinski definition) is 4. The zero-order valence-electron chi connectivity index (χ0n) is 18.3. The number of nitrogens with one attached hydrogen (secondary N) is 3. The summed E-state index contributed by atoms with van der Waals surface area (Å²) in [5.74, 6) is 0.511. The minimum Gasteiger partial charge on any atom is -0.457 e. The number of fused-ring (bicyclic) bond motifs is 1. The Balaban J connectivity index is 1.57. The highest BCUT2D eigenvalue weighted by molar-refractivity contribution is 6.07. The van der Waals surface area contributed by atoms with E-state index in [2.05, 4.69) is 20.9 Å². The predicted molar refractivity (Wildman–Crippen MR) is 126 cm³/mol. The van der Waals surface area contributed by atoms with Crippen molar-refractivity contribution in [2.75, 3.05) is 17.7 Å². The van der Waals surface area contributed by atoms with E-state index in [1.54, 1.807) is 42.5 Å². The predicted octanol–water partition coefficient (Wildman–Crippen LogP) is 6.05. The maximum absolute atomic E-state index is 12.9. The molecule has 0 saturated heterocycles. The highest BCUT2D eigenvalue weighted by atomic mass is 19.4. The molecular formula is C25H19F3N4O3. The lowest BCUT2D eigenvalue weighted by Crippen LogP contribution is -2.20. The molecule has 0 fully saturated rings. The third-order valence-electron chi connectivity index (χ3n) is 5.00. The summed E-state index contributed by atoms with van der Waals surface area (Å²) >= 11 is 0. The van der Waals surface area contributed by atoms with Crippen LogP contribution >= 0.6 is 0 Å². The van der Waals surface area contributed by atoms with Crippen molar-refractivity contribution in [3.8, 4) is 11.5 Å². The number of carbonyl (C=O) groups is 2. The Morgan fingerprint density at radius 1 is 0.886 bits per heavy atom. The number of urea groups is 1. The highest BCUT2D eigenvalue weighted by Gasteiger charge is 2.30. The first kappa shape index (κ1) is 23.6. The van der Waals surface area contributed by atoms with E-state index >= 15 is 0 Å². The van der Waals surface area contributed by atoms with Crippen molar-refractivity contribution in [2.24, 2.45) is 0 Å². The van der Waals surface area contributed by atoms with Crippen LogP contribution in [-0.2, 0) is 6.18 Å². The largest absolute Gasteiger partial charge is 0.457 e. The van der Waals surface area contributed by atoms with Crippen LogP contribution in [0.5, 0.6) is 11.5 Å². The first-order chi connectivity index (χ1) is 16.7. The number of hydrogen-bond donors (Lipinski definition) is 3. The van der Waals surface area contributed by atoms with Crippen LogP contribution in [0, 0.1) is 0 Å². The molecule has 3 N–H and O–H groups in total. The quantitative estimate of drug-likeness (QED) is 0.324. The van der Waals surface area contributed by atoms with Gasteiger partial charge in [0.15, 0.2) is 0 Å². The molecule has 0 atom stereocenters. The van der Waals surface area contributed by atoms with E-state index in [1.165, 1.54) is 31.4 Å². The van der Waals surface area contributed by atoms with E-state index < -0.39 is 17.8 Å². The second-order valence-corrected chi connectivity index (χ2v) is 7.37. The summed E-state index contributed by atoms with van der Waals surface area (Å²) < 4.78 is 44.8. The van der Waals surface area contributed by atoms with Gasteiger partial charge in [-0.3, -0.25) is 9.78 Å². The topological polar surface area (TPSA) is 92.4 Å². The Morgan fingerprint density at radius 3 is 2.40 bits per heavy atom. The van der Waals surface area contributed by atoms with Crippen LogP contribution in [-0.4, -0.2) is 24.0 Å². The van der Waals surface area contributed by atoms with Crippen molar-refractivity contribution in [2.45, 2.75) is 6.18 Å². The minimum absolute atomic E-state index is 0.00573. The molecule has 4 rings (SSSR count). The summed E-state index contributed by atoms with van der Waals surface area (Å²) in [6.07, 6.45) is -3.06. The van der Waals surface area contributed by atoms with Crippen molar-refractivity contribution in [1.29, 1.82) is 0 Å². The molecule has 10 heteroatoms. The van der Waals surface area contributed by atoms with Gasteiger partial charge in [-0.1, -0.05) is 30.3 Å². The third kappa shape index (κ3) is 5.49. The molecule has 1 heterocycles. The standard InChI is InChI=1S/C25H19F3N4O3/c1-29-23(33)21-14-17(11-12-30-21)35-22-10-9-20(18-7-2-3-8-19(18)22)32-24(34)31-16-6-4-5-15(13-16)25(26,27)28/h2-14H,1H3,(H,29,33)(H2,31,32,34). The van der Waals surface area contributed by atoms with Gasteiger partial charge in [-0.2, -0.15) is 13.2 Å². The minimum atomic E-state index is -4.52. The Morgan fingerprint density at radius 2 is 1.66 bits per heavy atom. The number of halogens is 3. The van der Waals surface area contributed by atoms with Crippen LogP contribution in [0.25, 0.3) is 10.8 Å². The van der Waals surface area contributed by atoms with Crippen molar-refractivity contribution in [3.05, 3.63) is 90.3 Å². The van der Waals surface area contributed by atoms with Gasteiger partial charge in [-0.15, -0.1) is 0 Å². The zero-order chi connectivity index (χ0) is 25.0. The van der Waals surface area contributed by atoms with Crippen molar-refractivity contribution in [3.63, 3.8) is 0 Å². The molecule has 0 aliphatic heterocycles. The Hall–Kier alpha value is -4.60. The molecule has 0 aliphatic rings. The van der Waals surface area contributed by atoms with Gasteiger partial charge in [-0.25, -0.2) is 4.79 Å². The highest BCUT2D eigenvalue weighted by Crippen LogP contribution is 2.35. The van der Waals surface area contributed by atoms with Gasteiger partial charge in [0.25, 0.3) is 5.91 Å². The van der Waals surface area contributed by atoms with Crippen LogP contribution in [0.1, 0.15) is 16.1 Å². The molecule has 0 saturated carbocycles. The summed E-state index contributed by atoms with van der Waals surface area (Å²) in [7, 11) is 1.50. The molecule has 0 spiro atoms. The molecular weight excluding hydrogens is 461 g/mol. The first-order valence-electron chi connectivity index (χ1n) is 10.4. The van der Waals surface area contributed by atoms with E-state index in [4.69, 9.17) is 4.74 Å². The second-order valence-electron chi connectivity index (χ2n) is 7.37. The number of ether oxygens (including phenoxy) is 1. The Kier molecular flexibility index (Phi) is 6.54. The van der Waals surface area contributed by atoms with Gasteiger partial charge in [-0.05, 0) is 36.4 Å². The lowest BCUT2D eigenvalue weighted by molar-refractivity contribution is -0.137. The summed E-state index contributed by atoms with van der Waals surface area (Å²) in [5, 5.41) is 8.89. The number of rotatable bonds is 5. The van der Waals surface area contributed by atoms with Gasteiger partial charge in [0.1, 0.15) is 17.2 Å². The number of alkyl halides is 3. The molecule has 0 aliphatic carbocycles. The molecule has 178 valence electrons. The fraction of sp³-hybridized carbons (Fsp3) is 0.0800. The van der Waals surface area contributed by atoms with Gasteiger partial charge in [0.2, 0.25) is 0 Å². The third-order valence-corrected chi connectivity index (χ3v) is 5.00. The number of anilines is 2. The molecule has 35 heavy (non-hydrogen) atoms. The maximum atomic E-state index is 12.9. The van der Waals surface area contributed by atoms with Crippen LogP contribution in [0.3, 0.4) is 0 Å². The average molecular weight is 480 g/mol. The van der Waals surface area contributed by atoms with E-state index in [0.29, 0.717) is 28.0 Å². The average Bonchev–Trinajstić information content (AvgIpc) is 2.85. The molecule has 0 unspecified atom stereocenters. The lowest BCUT2D eigenvalue weighted by Gasteiger charge is -2.14. The normalized spacial score (nSPS) is 11.1. The number of nitrogens with zero attached hydrogens (tertiary/aromatic N) is 1. The maximum Gasteiger partial charge on any atom is 0.416 e. The van der Waals surface area contributed by atoms with Gasteiger partial charge < -0.3 is 20.7 Å². The van der Waals surface area contributed by atoms with Crippen molar-refractivity contribution < 1.29 is 27.5 Å².